The number of nitrogens with zero attached hydrogens (tertiary/aromatic N) is 8. The van der Waals surface area contributed by atoms with E-state index in [0.29, 0.717) is 23.0 Å². The second-order valence-electron chi connectivity index (χ2n) is 12.0. The molecule has 220 valence electrons. The standard InChI is InChI=1S/C33H29F3N8/c1-18(2)21-13-10-14-22(19(3)4)27(21)25-17-42-28(24-12-7-6-11-23(24)25)30-38-31(32(34,35)36)40-44(30)33(42)41-16-9-8-15-26(41)29-37-20(5)39-43(29)33/h6-19H,1-5H3/q+2. The highest BCUT2D eigenvalue weighted by Gasteiger charge is 2.72. The third kappa shape index (κ3) is 3.29. The number of fused-ring (bicyclic) bond motifs is 12. The normalized spacial score (nSPS) is 16.7. The Balaban J connectivity index is 1.60. The molecule has 2 aliphatic rings. The van der Waals surface area contributed by atoms with Crippen molar-refractivity contribution in [3.8, 4) is 34.2 Å². The predicted molar refractivity (Wildman–Crippen MR) is 156 cm³/mol. The molecule has 2 aliphatic heterocycles. The Kier molecular flexibility index (Phi) is 5.34. The highest BCUT2D eigenvalue weighted by Crippen LogP contribution is 2.45. The Morgan fingerprint density at radius 3 is 2.09 bits per heavy atom. The monoisotopic (exact) mass is 594 g/mol. The average molecular weight is 595 g/mol. The molecule has 0 N–H and O–H groups in total. The van der Waals surface area contributed by atoms with Crippen LogP contribution < -0.4 is 9.13 Å². The van der Waals surface area contributed by atoms with Crippen LogP contribution in [0.5, 0.6) is 0 Å². The molecule has 8 rings (SSSR count). The number of aromatic nitrogens is 8. The highest BCUT2D eigenvalue weighted by molar-refractivity contribution is 6.02. The summed E-state index contributed by atoms with van der Waals surface area (Å²) < 4.78 is 49.6. The van der Waals surface area contributed by atoms with Gasteiger partial charge in [0.2, 0.25) is 11.6 Å². The van der Waals surface area contributed by atoms with Crippen molar-refractivity contribution in [2.24, 2.45) is 0 Å². The second-order valence-corrected chi connectivity index (χ2v) is 12.0. The summed E-state index contributed by atoms with van der Waals surface area (Å²) in [6, 6.07) is 19.9. The first-order valence-corrected chi connectivity index (χ1v) is 14.6. The molecule has 6 heterocycles. The van der Waals surface area contributed by atoms with E-state index in [1.807, 2.05) is 64.0 Å². The summed E-state index contributed by atoms with van der Waals surface area (Å²) in [5, 5.41) is 10.6. The Hall–Kier alpha value is -4.93. The lowest BCUT2D eigenvalue weighted by atomic mass is 9.84. The summed E-state index contributed by atoms with van der Waals surface area (Å²) in [6.07, 6.45) is -0.867. The quantitative estimate of drug-likeness (QED) is 0.235. The average Bonchev–Trinajstić information content (AvgIpc) is 3.72. The molecule has 6 aromatic rings. The van der Waals surface area contributed by atoms with E-state index in [-0.39, 0.29) is 17.7 Å². The molecule has 0 fully saturated rings. The third-order valence-electron chi connectivity index (χ3n) is 8.70. The van der Waals surface area contributed by atoms with Gasteiger partial charge in [0.25, 0.3) is 17.2 Å². The summed E-state index contributed by atoms with van der Waals surface area (Å²) >= 11 is 0. The van der Waals surface area contributed by atoms with Gasteiger partial charge in [-0.25, -0.2) is 4.98 Å². The zero-order valence-corrected chi connectivity index (χ0v) is 24.8. The number of hydrogen-bond acceptors (Lipinski definition) is 4. The first kappa shape index (κ1) is 26.7. The van der Waals surface area contributed by atoms with Gasteiger partial charge < -0.3 is 0 Å². The topological polar surface area (TPSA) is 69.2 Å². The fraction of sp³-hybridized carbons (Fsp3) is 0.273. The maximum atomic E-state index is 14.2. The van der Waals surface area contributed by atoms with Gasteiger partial charge in [0, 0.05) is 17.5 Å². The van der Waals surface area contributed by atoms with E-state index in [9.17, 15) is 13.2 Å². The minimum atomic E-state index is -4.74. The van der Waals surface area contributed by atoms with Gasteiger partial charge in [0.15, 0.2) is 12.4 Å². The van der Waals surface area contributed by atoms with Crippen LogP contribution in [0.25, 0.3) is 44.9 Å². The van der Waals surface area contributed by atoms with Gasteiger partial charge in [-0.05, 0) is 47.6 Å². The molecule has 0 amide bonds. The number of pyridine rings is 2. The number of hydrogen-bond donors (Lipinski definition) is 0. The van der Waals surface area contributed by atoms with Crippen LogP contribution in [0.1, 0.15) is 62.3 Å². The minimum Gasteiger partial charge on any atom is -0.206 e. The van der Waals surface area contributed by atoms with E-state index in [1.165, 1.54) is 15.8 Å². The highest BCUT2D eigenvalue weighted by atomic mass is 19.4. The van der Waals surface area contributed by atoms with Crippen LogP contribution in [-0.2, 0) is 12.1 Å². The molecule has 0 saturated heterocycles. The second kappa shape index (κ2) is 8.81. The Morgan fingerprint density at radius 2 is 1.41 bits per heavy atom. The molecule has 1 spiro atoms. The summed E-state index contributed by atoms with van der Waals surface area (Å²) in [4.78, 5) is 8.85. The molecule has 1 atom stereocenters. The zero-order valence-electron chi connectivity index (χ0n) is 24.8. The molecule has 2 aromatic carbocycles. The van der Waals surface area contributed by atoms with Gasteiger partial charge in [-0.15, -0.1) is 10.2 Å². The van der Waals surface area contributed by atoms with E-state index >= 15 is 0 Å². The molecule has 44 heavy (non-hydrogen) atoms. The number of halogens is 3. The van der Waals surface area contributed by atoms with Crippen molar-refractivity contribution in [1.82, 2.24) is 29.5 Å². The van der Waals surface area contributed by atoms with E-state index < -0.39 is 17.9 Å². The fourth-order valence-corrected chi connectivity index (χ4v) is 6.93. The maximum absolute atomic E-state index is 14.2. The number of aryl methyl sites for hydroxylation is 1. The SMILES string of the molecule is Cc1nc2n(n1)C1(n3nc(C(F)(F)F)nc3-c3c4ccccc4c(-c4c(C(C)C)cccc4C(C)C)c[n+]31)[n+]1ccccc1-2. The predicted octanol–water partition coefficient (Wildman–Crippen LogP) is 6.01. The molecule has 4 aromatic heterocycles. The van der Waals surface area contributed by atoms with Gasteiger partial charge in [-0.1, -0.05) is 82.6 Å². The number of alkyl halides is 3. The van der Waals surface area contributed by atoms with E-state index in [0.717, 1.165) is 21.9 Å². The molecule has 0 radical (unpaired) electrons. The van der Waals surface area contributed by atoms with Gasteiger partial charge >= 0.3 is 12.1 Å². The molecular formula is C33H29F3N8+2. The fourth-order valence-electron chi connectivity index (χ4n) is 6.93. The van der Waals surface area contributed by atoms with Gasteiger partial charge in [0.05, 0.1) is 10.9 Å². The third-order valence-corrected chi connectivity index (χ3v) is 8.70. The maximum Gasteiger partial charge on any atom is 0.586 e. The summed E-state index contributed by atoms with van der Waals surface area (Å²) in [5.74, 6) is -1.14. The molecule has 1 unspecified atom stereocenters. The van der Waals surface area contributed by atoms with Crippen LogP contribution in [-0.4, -0.2) is 29.5 Å². The summed E-state index contributed by atoms with van der Waals surface area (Å²) in [7, 11) is 0. The molecule has 0 saturated carbocycles. The number of benzene rings is 2. The lowest BCUT2D eigenvalue weighted by Gasteiger charge is -2.21. The Morgan fingerprint density at radius 1 is 0.750 bits per heavy atom. The van der Waals surface area contributed by atoms with Gasteiger partial charge in [-0.3, -0.25) is 0 Å². The lowest BCUT2D eigenvalue weighted by molar-refractivity contribution is -0.990. The largest absolute Gasteiger partial charge is 0.586 e. The molecule has 11 heteroatoms. The van der Waals surface area contributed by atoms with Gasteiger partial charge in [0.1, 0.15) is 5.82 Å². The first-order valence-electron chi connectivity index (χ1n) is 14.6. The first-order chi connectivity index (χ1) is 21.0. The zero-order chi connectivity index (χ0) is 30.7. The molecule has 0 bridgehead atoms. The summed E-state index contributed by atoms with van der Waals surface area (Å²) in [6.45, 7) is 10.5. The van der Waals surface area contributed by atoms with Crippen LogP contribution in [0.15, 0.2) is 73.1 Å². The number of rotatable bonds is 3. The van der Waals surface area contributed by atoms with Crippen LogP contribution >= 0.6 is 0 Å². The van der Waals surface area contributed by atoms with Crippen molar-refractivity contribution >= 4 is 10.8 Å². The van der Waals surface area contributed by atoms with E-state index in [4.69, 9.17) is 10.1 Å². The van der Waals surface area contributed by atoms with Crippen LogP contribution in [0.4, 0.5) is 13.2 Å². The van der Waals surface area contributed by atoms with E-state index in [1.54, 1.807) is 11.6 Å². The van der Waals surface area contributed by atoms with Gasteiger partial charge in [-0.2, -0.15) is 18.2 Å². The minimum absolute atomic E-state index is 0.101. The lowest BCUT2D eigenvalue weighted by Crippen LogP contribution is -2.77. The Labute approximate surface area is 251 Å². The van der Waals surface area contributed by atoms with Crippen molar-refractivity contribution < 1.29 is 22.3 Å². The molecule has 8 nitrogen and oxygen atoms in total. The van der Waals surface area contributed by atoms with Crippen molar-refractivity contribution in [3.05, 3.63) is 95.8 Å². The van der Waals surface area contributed by atoms with Crippen molar-refractivity contribution in [1.29, 1.82) is 0 Å². The molecular weight excluding hydrogens is 565 g/mol. The smallest absolute Gasteiger partial charge is 0.206 e. The van der Waals surface area contributed by atoms with Crippen LogP contribution in [0.2, 0.25) is 0 Å². The van der Waals surface area contributed by atoms with E-state index in [2.05, 4.69) is 56.0 Å². The summed E-state index contributed by atoms with van der Waals surface area (Å²) in [5.41, 5.74) is 5.70. The van der Waals surface area contributed by atoms with Crippen molar-refractivity contribution in [2.45, 2.75) is 58.5 Å². The van der Waals surface area contributed by atoms with Crippen molar-refractivity contribution in [3.63, 3.8) is 0 Å². The van der Waals surface area contributed by atoms with Crippen LogP contribution in [0.3, 0.4) is 0 Å². The Bertz CT molecular complexity index is 2130. The van der Waals surface area contributed by atoms with Crippen molar-refractivity contribution in [2.75, 3.05) is 0 Å². The molecule has 0 aliphatic carbocycles. The van der Waals surface area contributed by atoms with Crippen LogP contribution in [0, 0.1) is 6.92 Å².